The molecule has 0 heterocycles. The van der Waals surface area contributed by atoms with Crippen molar-refractivity contribution >= 4 is 14.9 Å². The Morgan fingerprint density at radius 3 is 2.00 bits per heavy atom. The molecule has 1 aromatic carbocycles. The van der Waals surface area contributed by atoms with E-state index in [9.17, 15) is 8.78 Å². The molecule has 92 valence electrons. The summed E-state index contributed by atoms with van der Waals surface area (Å²) in [5.74, 6) is 2.28. The summed E-state index contributed by atoms with van der Waals surface area (Å²) < 4.78 is 29.1. The minimum absolute atomic E-state index is 0.0931. The largest absolute Gasteiger partial charge is 0.430 e. The molecule has 0 bridgehead atoms. The van der Waals surface area contributed by atoms with Gasteiger partial charge in [-0.25, -0.2) is 5.84 Å². The minimum Gasteiger partial charge on any atom is -0.430 e. The predicted molar refractivity (Wildman–Crippen MR) is 65.7 cm³/mol. The van der Waals surface area contributed by atoms with Crippen molar-refractivity contribution in [1.82, 2.24) is 0 Å². The number of halogens is 2. The summed E-state index contributed by atoms with van der Waals surface area (Å²) in [7, 11) is 2.96. The van der Waals surface area contributed by atoms with Crippen molar-refractivity contribution in [3.8, 4) is 5.75 Å². The number of nitrogens with two attached hydrogens (primary N) is 1. The molecule has 0 saturated carbocycles. The fraction of sp³-hybridized carbons (Fsp3) is 0.400. The van der Waals surface area contributed by atoms with E-state index in [4.69, 9.17) is 5.84 Å². The van der Waals surface area contributed by atoms with Crippen molar-refractivity contribution in [1.29, 1.82) is 0 Å². The van der Waals surface area contributed by atoms with Crippen molar-refractivity contribution in [3.05, 3.63) is 24.3 Å². The zero-order chi connectivity index (χ0) is 12.8. The third-order valence-electron chi connectivity index (χ3n) is 1.50. The Kier molecular flexibility index (Phi) is 6.22. The van der Waals surface area contributed by atoms with Crippen LogP contribution in [0.4, 0.5) is 14.5 Å². The third kappa shape index (κ3) is 5.83. The van der Waals surface area contributed by atoms with Gasteiger partial charge in [0, 0.05) is 7.05 Å². The molecule has 0 radical (unpaired) electrons. The molecule has 6 heteroatoms. The van der Waals surface area contributed by atoms with Crippen LogP contribution in [0.3, 0.4) is 0 Å². The monoisotopic (exact) mass is 250 g/mol. The minimum atomic E-state index is -3.24. The van der Waals surface area contributed by atoms with E-state index in [1.165, 1.54) is 26.4 Å². The maximum absolute atomic E-state index is 12.4. The van der Waals surface area contributed by atoms with Crippen LogP contribution >= 0.6 is 9.24 Å². The van der Waals surface area contributed by atoms with Crippen molar-refractivity contribution in [2.24, 2.45) is 5.84 Å². The zero-order valence-corrected chi connectivity index (χ0v) is 10.7. The Bertz CT molecular complexity index is 299. The van der Waals surface area contributed by atoms with Gasteiger partial charge in [-0.2, -0.15) is 8.78 Å². The van der Waals surface area contributed by atoms with Crippen molar-refractivity contribution in [2.45, 2.75) is 19.7 Å². The summed E-state index contributed by atoms with van der Waals surface area (Å²) >= 11 is 0. The first kappa shape index (κ1) is 15.1. The zero-order valence-electron chi connectivity index (χ0n) is 9.58. The molecule has 2 N–H and O–H groups in total. The van der Waals surface area contributed by atoms with Gasteiger partial charge < -0.3 is 9.75 Å². The standard InChI is InChI=1S/C8H11F2N2OP.C2H6/c1-12(11)6-2-4-7(5-3-6)13-8(9,10)14;1-2/h2-5H,11,14H2,1H3;1-2H3. The fourth-order valence-corrected chi connectivity index (χ4v) is 1.04. The van der Waals surface area contributed by atoms with Crippen molar-refractivity contribution in [3.63, 3.8) is 0 Å². The molecule has 0 saturated heterocycles. The second-order valence-electron chi connectivity index (χ2n) is 2.77. The second-order valence-corrected chi connectivity index (χ2v) is 3.44. The summed E-state index contributed by atoms with van der Waals surface area (Å²) in [6.07, 6.45) is 0. The molecule has 16 heavy (non-hydrogen) atoms. The van der Waals surface area contributed by atoms with E-state index in [-0.39, 0.29) is 5.75 Å². The van der Waals surface area contributed by atoms with E-state index in [0.29, 0.717) is 5.69 Å². The van der Waals surface area contributed by atoms with Gasteiger partial charge in [-0.1, -0.05) is 13.8 Å². The highest BCUT2D eigenvalue weighted by atomic mass is 31.0. The second kappa shape index (κ2) is 6.61. The van der Waals surface area contributed by atoms with E-state index in [0.717, 1.165) is 0 Å². The molecular weight excluding hydrogens is 233 g/mol. The van der Waals surface area contributed by atoms with E-state index >= 15 is 0 Å². The van der Waals surface area contributed by atoms with Crippen LogP contribution in [-0.4, -0.2) is 12.9 Å². The van der Waals surface area contributed by atoms with E-state index in [1.54, 1.807) is 19.2 Å². The number of anilines is 1. The SMILES string of the molecule is CC.CN(N)c1ccc(OC(F)(F)P)cc1. The molecule has 1 unspecified atom stereocenters. The summed E-state index contributed by atoms with van der Waals surface area (Å²) in [5, 5.41) is 1.38. The average Bonchev–Trinajstić information content (AvgIpc) is 2.19. The lowest BCUT2D eigenvalue weighted by molar-refractivity contribution is -0.0892. The van der Waals surface area contributed by atoms with Gasteiger partial charge in [0.25, 0.3) is 0 Å². The third-order valence-corrected chi connectivity index (χ3v) is 1.62. The lowest BCUT2D eigenvalue weighted by atomic mass is 10.3. The normalized spacial score (nSPS) is 10.2. The topological polar surface area (TPSA) is 38.5 Å². The maximum Gasteiger partial charge on any atom is 0.408 e. The summed E-state index contributed by atoms with van der Waals surface area (Å²) in [5.41, 5.74) is 0.712. The van der Waals surface area contributed by atoms with E-state index < -0.39 is 5.85 Å². The Morgan fingerprint density at radius 2 is 1.69 bits per heavy atom. The lowest BCUT2D eigenvalue weighted by Crippen LogP contribution is -2.24. The average molecular weight is 250 g/mol. The van der Waals surface area contributed by atoms with Crippen LogP contribution in [0.25, 0.3) is 0 Å². The maximum atomic E-state index is 12.4. The molecule has 0 spiro atoms. The number of rotatable bonds is 3. The number of alkyl halides is 2. The van der Waals surface area contributed by atoms with E-state index in [2.05, 4.69) is 4.74 Å². The number of hydrazine groups is 1. The molecule has 0 amide bonds. The van der Waals surface area contributed by atoms with Crippen LogP contribution in [0.2, 0.25) is 0 Å². The molecule has 3 nitrogen and oxygen atoms in total. The predicted octanol–water partition coefficient (Wildman–Crippen LogP) is 2.83. The van der Waals surface area contributed by atoms with Gasteiger partial charge in [0.15, 0.2) is 0 Å². The van der Waals surface area contributed by atoms with Crippen LogP contribution in [0.15, 0.2) is 24.3 Å². The van der Waals surface area contributed by atoms with Gasteiger partial charge >= 0.3 is 5.85 Å². The molecule has 1 rings (SSSR count). The summed E-state index contributed by atoms with van der Waals surface area (Å²) in [6.45, 7) is 4.00. The van der Waals surface area contributed by atoms with Gasteiger partial charge in [0.2, 0.25) is 0 Å². The van der Waals surface area contributed by atoms with Gasteiger partial charge in [0.1, 0.15) is 5.75 Å². The number of ether oxygens (including phenoxy) is 1. The quantitative estimate of drug-likeness (QED) is 0.509. The molecule has 0 aromatic heterocycles. The fourth-order valence-electron chi connectivity index (χ4n) is 0.906. The molecule has 1 aromatic rings. The number of hydrogen-bond donors (Lipinski definition) is 1. The van der Waals surface area contributed by atoms with Crippen LogP contribution in [0.5, 0.6) is 5.75 Å². The first-order chi connectivity index (χ1) is 7.38. The number of hydrogen-bond acceptors (Lipinski definition) is 3. The van der Waals surface area contributed by atoms with Crippen LogP contribution in [0, 0.1) is 0 Å². The Hall–Kier alpha value is -0.930. The van der Waals surface area contributed by atoms with Crippen LogP contribution in [-0.2, 0) is 0 Å². The lowest BCUT2D eigenvalue weighted by Gasteiger charge is -2.15. The van der Waals surface area contributed by atoms with E-state index in [1.807, 2.05) is 13.8 Å². The molecular formula is C10H17F2N2OP. The highest BCUT2D eigenvalue weighted by Gasteiger charge is 2.23. The van der Waals surface area contributed by atoms with Crippen molar-refractivity contribution < 1.29 is 13.5 Å². The van der Waals surface area contributed by atoms with Gasteiger partial charge in [-0.05, 0) is 33.5 Å². The number of nitrogens with zero attached hydrogens (tertiary/aromatic N) is 1. The highest BCUT2D eigenvalue weighted by molar-refractivity contribution is 7.17. The van der Waals surface area contributed by atoms with Crippen LogP contribution in [0.1, 0.15) is 13.8 Å². The molecule has 0 aliphatic heterocycles. The first-order valence-corrected chi connectivity index (χ1v) is 5.40. The number of benzene rings is 1. The molecule has 1 atom stereocenters. The smallest absolute Gasteiger partial charge is 0.408 e. The summed E-state index contributed by atoms with van der Waals surface area (Å²) in [6, 6.07) is 6.03. The van der Waals surface area contributed by atoms with Crippen molar-refractivity contribution in [2.75, 3.05) is 12.1 Å². The van der Waals surface area contributed by atoms with Gasteiger partial charge in [-0.15, -0.1) is 0 Å². The molecule has 0 aliphatic carbocycles. The first-order valence-electron chi connectivity index (χ1n) is 4.83. The highest BCUT2D eigenvalue weighted by Crippen LogP contribution is 2.27. The van der Waals surface area contributed by atoms with Crippen LogP contribution < -0.4 is 15.6 Å². The Morgan fingerprint density at radius 1 is 1.25 bits per heavy atom. The molecule has 0 aliphatic rings. The Labute approximate surface area is 96.7 Å². The summed E-state index contributed by atoms with van der Waals surface area (Å²) in [4.78, 5) is 0. The van der Waals surface area contributed by atoms with Gasteiger partial charge in [0.05, 0.1) is 5.69 Å². The van der Waals surface area contributed by atoms with Gasteiger partial charge in [-0.3, -0.25) is 0 Å². The molecule has 0 fully saturated rings. The Balaban J connectivity index is 0.00000106.